The molecule has 1 rings (SSSR count). The van der Waals surface area contributed by atoms with E-state index in [1.165, 1.54) is 5.82 Å². The van der Waals surface area contributed by atoms with E-state index in [1.807, 2.05) is 6.92 Å². The van der Waals surface area contributed by atoms with Crippen LogP contribution in [0.1, 0.15) is 12.7 Å². The van der Waals surface area contributed by atoms with Crippen LogP contribution in [0.15, 0.2) is 24.5 Å². The summed E-state index contributed by atoms with van der Waals surface area (Å²) in [5, 5.41) is 0. The molecule has 0 spiro atoms. The van der Waals surface area contributed by atoms with Crippen molar-refractivity contribution in [2.24, 2.45) is 7.05 Å². The van der Waals surface area contributed by atoms with Crippen LogP contribution in [-0.2, 0) is 13.6 Å². The van der Waals surface area contributed by atoms with Crippen LogP contribution in [0.2, 0.25) is 0 Å². The average molecular weight is 238 g/mol. The number of hydrogen-bond acceptors (Lipinski definition) is 0. The topological polar surface area (TPSA) is 8.81 Å². The van der Waals surface area contributed by atoms with Crippen LogP contribution in [-0.4, -0.2) is 11.8 Å². The third kappa shape index (κ3) is 7.08. The van der Waals surface area contributed by atoms with Gasteiger partial charge in [0.25, 0.3) is 5.82 Å². The summed E-state index contributed by atoms with van der Waals surface area (Å²) in [4.78, 5) is 0. The summed E-state index contributed by atoms with van der Waals surface area (Å²) in [7, 11) is -3.94. The van der Waals surface area contributed by atoms with Gasteiger partial charge in [0.15, 0.2) is 0 Å². The molecule has 0 saturated carbocycles. The second kappa shape index (κ2) is 6.35. The fraction of sp³-hybridized carbons (Fsp3) is 0.444. The summed E-state index contributed by atoms with van der Waals surface area (Å²) in [6, 6.07) is 0. The molecule has 0 saturated heterocycles. The summed E-state index contributed by atoms with van der Waals surface area (Å²) in [5.41, 5.74) is 0. The van der Waals surface area contributed by atoms with Crippen LogP contribution in [0, 0.1) is 6.92 Å². The average Bonchev–Trinajstić information content (AvgIpc) is 2.42. The molecular formula is C9H15BF4N2. The molecule has 1 aromatic heterocycles. The molecule has 0 bridgehead atoms. The number of aromatic nitrogens is 2. The first-order valence-electron chi connectivity index (χ1n) is 4.75. The predicted octanol–water partition coefficient (Wildman–Crippen LogP) is 2.50. The molecule has 0 fully saturated rings. The molecular weight excluding hydrogens is 223 g/mol. The Hall–Kier alpha value is -1.27. The quantitative estimate of drug-likeness (QED) is 0.324. The van der Waals surface area contributed by atoms with Crippen LogP contribution in [0.25, 0.3) is 0 Å². The van der Waals surface area contributed by atoms with Crippen molar-refractivity contribution in [3.8, 4) is 0 Å². The third-order valence-corrected chi connectivity index (χ3v) is 1.93. The van der Waals surface area contributed by atoms with Crippen molar-refractivity contribution >= 4 is 7.25 Å². The van der Waals surface area contributed by atoms with Gasteiger partial charge >= 0.3 is 7.25 Å². The van der Waals surface area contributed by atoms with E-state index < -0.39 is 7.25 Å². The highest BCUT2D eigenvalue weighted by molar-refractivity contribution is 6.50. The number of aryl methyl sites for hydroxylation is 1. The Kier molecular flexibility index (Phi) is 5.84. The third-order valence-electron chi connectivity index (χ3n) is 1.93. The van der Waals surface area contributed by atoms with Crippen LogP contribution in [0.5, 0.6) is 0 Å². The largest absolute Gasteiger partial charge is 0.673 e. The fourth-order valence-corrected chi connectivity index (χ4v) is 1.01. The Labute approximate surface area is 92.3 Å². The Bertz CT molecular complexity index is 338. The van der Waals surface area contributed by atoms with Gasteiger partial charge in [0.05, 0.1) is 7.05 Å². The first-order valence-corrected chi connectivity index (χ1v) is 4.75. The van der Waals surface area contributed by atoms with Gasteiger partial charge in [0.2, 0.25) is 0 Å². The minimum Gasteiger partial charge on any atom is -0.418 e. The molecule has 0 N–H and O–H groups in total. The van der Waals surface area contributed by atoms with Crippen LogP contribution < -0.4 is 4.57 Å². The van der Waals surface area contributed by atoms with E-state index >= 15 is 0 Å². The lowest BCUT2D eigenvalue weighted by Crippen LogP contribution is -2.29. The minimum absolute atomic E-state index is 0.975. The van der Waals surface area contributed by atoms with Crippen molar-refractivity contribution in [1.82, 2.24) is 4.57 Å². The minimum atomic E-state index is -6.00. The van der Waals surface area contributed by atoms with Crippen molar-refractivity contribution in [1.29, 1.82) is 0 Å². The molecule has 0 radical (unpaired) electrons. The molecule has 0 aliphatic rings. The highest BCUT2D eigenvalue weighted by atomic mass is 19.5. The van der Waals surface area contributed by atoms with Crippen molar-refractivity contribution in [3.05, 3.63) is 30.4 Å². The summed E-state index contributed by atoms with van der Waals surface area (Å²) in [6.45, 7) is 5.13. The van der Waals surface area contributed by atoms with Gasteiger partial charge in [-0.2, -0.15) is 0 Å². The van der Waals surface area contributed by atoms with E-state index in [9.17, 15) is 17.3 Å². The molecule has 0 atom stereocenters. The molecule has 0 aliphatic heterocycles. The van der Waals surface area contributed by atoms with Gasteiger partial charge in [-0.3, -0.25) is 0 Å². The molecule has 1 heterocycles. The second-order valence-corrected chi connectivity index (χ2v) is 3.17. The Balaban J connectivity index is 0.000000385. The summed E-state index contributed by atoms with van der Waals surface area (Å²) >= 11 is 0. The van der Waals surface area contributed by atoms with Crippen molar-refractivity contribution in [2.45, 2.75) is 20.4 Å². The zero-order valence-electron chi connectivity index (χ0n) is 9.50. The molecule has 0 aliphatic carbocycles. The maximum absolute atomic E-state index is 9.75. The molecule has 16 heavy (non-hydrogen) atoms. The van der Waals surface area contributed by atoms with Crippen LogP contribution in [0.4, 0.5) is 17.3 Å². The first-order chi connectivity index (χ1) is 7.25. The zero-order chi connectivity index (χ0) is 12.8. The molecule has 0 amide bonds. The lowest BCUT2D eigenvalue weighted by Gasteiger charge is -1.94. The van der Waals surface area contributed by atoms with E-state index in [0.29, 0.717) is 0 Å². The van der Waals surface area contributed by atoms with E-state index in [1.54, 1.807) is 0 Å². The molecule has 0 unspecified atom stereocenters. The number of halogens is 4. The molecule has 0 aromatic carbocycles. The Morgan fingerprint density at radius 1 is 1.38 bits per heavy atom. The standard InChI is InChI=1S/C9H15N2.BF4/c1-4-5-6-11-8-7-10(3)9(11)2;2-1(3,4)5/h4-5,7-8H,6H2,1-3H3;/q+1;-1. The molecule has 1 aromatic rings. The van der Waals surface area contributed by atoms with Gasteiger partial charge in [-0.05, 0) is 13.0 Å². The molecule has 92 valence electrons. The van der Waals surface area contributed by atoms with E-state index in [-0.39, 0.29) is 0 Å². The summed E-state index contributed by atoms with van der Waals surface area (Å²) in [6.07, 6.45) is 8.38. The van der Waals surface area contributed by atoms with Gasteiger partial charge in [-0.25, -0.2) is 9.13 Å². The monoisotopic (exact) mass is 238 g/mol. The summed E-state index contributed by atoms with van der Waals surface area (Å²) < 4.78 is 43.3. The van der Waals surface area contributed by atoms with E-state index in [4.69, 9.17) is 0 Å². The highest BCUT2D eigenvalue weighted by Gasteiger charge is 2.20. The van der Waals surface area contributed by atoms with Gasteiger partial charge in [0, 0.05) is 6.92 Å². The SMILES string of the molecule is CC=CCn1cc[n+](C)c1C.F[B-](F)(F)F. The van der Waals surface area contributed by atoms with Crippen LogP contribution >= 0.6 is 0 Å². The number of imidazole rings is 1. The number of nitrogens with zero attached hydrogens (tertiary/aromatic N) is 2. The first kappa shape index (κ1) is 14.7. The van der Waals surface area contributed by atoms with Gasteiger partial charge in [-0.15, -0.1) is 0 Å². The van der Waals surface area contributed by atoms with Crippen molar-refractivity contribution in [3.63, 3.8) is 0 Å². The normalized spacial score (nSPS) is 11.4. The number of hydrogen-bond donors (Lipinski definition) is 0. The van der Waals surface area contributed by atoms with Crippen molar-refractivity contribution in [2.75, 3.05) is 0 Å². The lowest BCUT2D eigenvalue weighted by molar-refractivity contribution is -0.677. The highest BCUT2D eigenvalue weighted by Crippen LogP contribution is 2.06. The Morgan fingerprint density at radius 3 is 2.19 bits per heavy atom. The van der Waals surface area contributed by atoms with Crippen molar-refractivity contribution < 1.29 is 21.8 Å². The second-order valence-electron chi connectivity index (χ2n) is 3.17. The number of rotatable bonds is 2. The van der Waals surface area contributed by atoms with Gasteiger partial charge < -0.3 is 17.3 Å². The predicted molar refractivity (Wildman–Crippen MR) is 55.3 cm³/mol. The molecule has 7 heteroatoms. The maximum Gasteiger partial charge on any atom is 0.673 e. The van der Waals surface area contributed by atoms with E-state index in [2.05, 4.69) is 47.7 Å². The zero-order valence-corrected chi connectivity index (χ0v) is 9.50. The fourth-order valence-electron chi connectivity index (χ4n) is 1.01. The van der Waals surface area contributed by atoms with Gasteiger partial charge in [0.1, 0.15) is 18.9 Å². The Morgan fingerprint density at radius 2 is 1.88 bits per heavy atom. The van der Waals surface area contributed by atoms with E-state index in [0.717, 1.165) is 6.54 Å². The lowest BCUT2D eigenvalue weighted by atomic mass is 10.3. The van der Waals surface area contributed by atoms with Gasteiger partial charge in [-0.1, -0.05) is 6.08 Å². The maximum atomic E-state index is 9.75. The summed E-state index contributed by atoms with van der Waals surface area (Å²) in [5.74, 6) is 1.28. The number of allylic oxidation sites excluding steroid dienone is 2. The molecule has 2 nitrogen and oxygen atoms in total. The van der Waals surface area contributed by atoms with Crippen LogP contribution in [0.3, 0.4) is 0 Å². The smallest absolute Gasteiger partial charge is 0.418 e.